The lowest BCUT2D eigenvalue weighted by Crippen LogP contribution is -2.33. The SMILES string of the molecule is CCOc1cc(/C=C2/SC(=O)N(CC(=O)c3ccc([N+](=O)[O-])cc3)C2=O)ccc1OCC(=O)Nc1cccc(C)c1. The van der Waals surface area contributed by atoms with Gasteiger partial charge in [0.15, 0.2) is 23.9 Å². The summed E-state index contributed by atoms with van der Waals surface area (Å²) >= 11 is 0.692. The van der Waals surface area contributed by atoms with Gasteiger partial charge in [-0.15, -0.1) is 0 Å². The van der Waals surface area contributed by atoms with E-state index in [4.69, 9.17) is 9.47 Å². The molecule has 0 spiro atoms. The fraction of sp³-hybridized carbons (Fsp3) is 0.172. The molecule has 1 aliphatic rings. The minimum absolute atomic E-state index is 0.111. The molecule has 1 N–H and O–H groups in total. The molecule has 1 fully saturated rings. The van der Waals surface area contributed by atoms with E-state index in [2.05, 4.69) is 5.32 Å². The number of imide groups is 1. The molecule has 210 valence electrons. The van der Waals surface area contributed by atoms with Crippen LogP contribution in [0.1, 0.15) is 28.4 Å². The predicted molar refractivity (Wildman–Crippen MR) is 153 cm³/mol. The van der Waals surface area contributed by atoms with Gasteiger partial charge in [0.05, 0.1) is 23.0 Å². The quantitative estimate of drug-likeness (QED) is 0.140. The van der Waals surface area contributed by atoms with Crippen LogP contribution in [0.4, 0.5) is 16.2 Å². The molecule has 11 nitrogen and oxygen atoms in total. The highest BCUT2D eigenvalue weighted by Gasteiger charge is 2.36. The van der Waals surface area contributed by atoms with Gasteiger partial charge in [-0.3, -0.25) is 34.2 Å². The molecular formula is C29H25N3O8S. The Balaban J connectivity index is 1.42. The Morgan fingerprint density at radius 2 is 1.78 bits per heavy atom. The predicted octanol–water partition coefficient (Wildman–Crippen LogP) is 5.24. The van der Waals surface area contributed by atoms with E-state index < -0.39 is 28.4 Å². The highest BCUT2D eigenvalue weighted by Crippen LogP contribution is 2.35. The molecule has 0 bridgehead atoms. The van der Waals surface area contributed by atoms with Crippen molar-refractivity contribution in [2.24, 2.45) is 0 Å². The third-order valence-electron chi connectivity index (χ3n) is 5.80. The Morgan fingerprint density at radius 3 is 2.46 bits per heavy atom. The van der Waals surface area contributed by atoms with Gasteiger partial charge in [-0.25, -0.2) is 0 Å². The number of rotatable bonds is 11. The van der Waals surface area contributed by atoms with Crippen molar-refractivity contribution in [2.75, 3.05) is 25.1 Å². The number of ketones is 1. The number of non-ortho nitro benzene ring substituents is 1. The van der Waals surface area contributed by atoms with Crippen molar-refractivity contribution >= 4 is 52.0 Å². The Labute approximate surface area is 239 Å². The van der Waals surface area contributed by atoms with Crippen molar-refractivity contribution in [3.8, 4) is 11.5 Å². The number of thioether (sulfide) groups is 1. The molecule has 3 aromatic rings. The second kappa shape index (κ2) is 12.9. The van der Waals surface area contributed by atoms with Gasteiger partial charge >= 0.3 is 0 Å². The molecule has 0 aromatic heterocycles. The Morgan fingerprint density at radius 1 is 1.02 bits per heavy atom. The number of carbonyl (C=O) groups is 4. The van der Waals surface area contributed by atoms with E-state index >= 15 is 0 Å². The van der Waals surface area contributed by atoms with E-state index in [0.29, 0.717) is 41.1 Å². The van der Waals surface area contributed by atoms with Crippen molar-refractivity contribution in [3.63, 3.8) is 0 Å². The third kappa shape index (κ3) is 7.37. The minimum Gasteiger partial charge on any atom is -0.490 e. The zero-order valence-electron chi connectivity index (χ0n) is 22.1. The first kappa shape index (κ1) is 29.0. The van der Waals surface area contributed by atoms with E-state index in [-0.39, 0.29) is 28.7 Å². The average molecular weight is 576 g/mol. The Kier molecular flexibility index (Phi) is 9.15. The van der Waals surface area contributed by atoms with Crippen LogP contribution in [0.15, 0.2) is 71.6 Å². The molecule has 0 aliphatic carbocycles. The number of nitro groups is 1. The van der Waals surface area contributed by atoms with Crippen LogP contribution in [0, 0.1) is 17.0 Å². The summed E-state index contributed by atoms with van der Waals surface area (Å²) in [5.74, 6) is -0.849. The smallest absolute Gasteiger partial charge is 0.293 e. The molecule has 1 saturated heterocycles. The topological polar surface area (TPSA) is 145 Å². The number of carbonyl (C=O) groups excluding carboxylic acids is 4. The molecule has 41 heavy (non-hydrogen) atoms. The number of amides is 3. The lowest BCUT2D eigenvalue weighted by atomic mass is 10.1. The number of benzene rings is 3. The van der Waals surface area contributed by atoms with E-state index in [1.165, 1.54) is 30.3 Å². The van der Waals surface area contributed by atoms with Gasteiger partial charge in [-0.1, -0.05) is 18.2 Å². The molecule has 3 amide bonds. The second-order valence-corrected chi connectivity index (χ2v) is 9.83. The van der Waals surface area contributed by atoms with E-state index in [1.807, 2.05) is 25.1 Å². The molecular weight excluding hydrogens is 550 g/mol. The van der Waals surface area contributed by atoms with Gasteiger partial charge in [0.25, 0.3) is 22.7 Å². The fourth-order valence-electron chi connectivity index (χ4n) is 3.86. The number of nitro benzene ring substituents is 1. The van der Waals surface area contributed by atoms with Gasteiger partial charge in [-0.05, 0) is 79.2 Å². The monoisotopic (exact) mass is 575 g/mol. The van der Waals surface area contributed by atoms with Crippen molar-refractivity contribution in [1.29, 1.82) is 0 Å². The summed E-state index contributed by atoms with van der Waals surface area (Å²) < 4.78 is 11.3. The molecule has 3 aromatic carbocycles. The molecule has 1 aliphatic heterocycles. The normalized spacial score (nSPS) is 13.8. The summed E-state index contributed by atoms with van der Waals surface area (Å²) in [5, 5.41) is 13.0. The molecule has 0 atom stereocenters. The van der Waals surface area contributed by atoms with E-state index in [1.54, 1.807) is 31.2 Å². The van der Waals surface area contributed by atoms with Gasteiger partial charge in [0, 0.05) is 23.4 Å². The first-order valence-electron chi connectivity index (χ1n) is 12.4. The lowest BCUT2D eigenvalue weighted by molar-refractivity contribution is -0.384. The first-order chi connectivity index (χ1) is 19.6. The summed E-state index contributed by atoms with van der Waals surface area (Å²) in [6.07, 6.45) is 1.50. The minimum atomic E-state index is -0.638. The zero-order chi connectivity index (χ0) is 29.5. The van der Waals surface area contributed by atoms with Gasteiger partial charge in [-0.2, -0.15) is 0 Å². The van der Waals surface area contributed by atoms with Crippen molar-refractivity contribution in [2.45, 2.75) is 13.8 Å². The first-order valence-corrected chi connectivity index (χ1v) is 13.3. The van der Waals surface area contributed by atoms with Crippen molar-refractivity contribution in [1.82, 2.24) is 4.90 Å². The Hall–Kier alpha value is -4.97. The fourth-order valence-corrected chi connectivity index (χ4v) is 4.70. The van der Waals surface area contributed by atoms with Crippen molar-refractivity contribution in [3.05, 3.63) is 98.4 Å². The van der Waals surface area contributed by atoms with Gasteiger partial charge in [0.1, 0.15) is 0 Å². The van der Waals surface area contributed by atoms with Crippen LogP contribution in [0.3, 0.4) is 0 Å². The second-order valence-electron chi connectivity index (χ2n) is 8.84. The zero-order valence-corrected chi connectivity index (χ0v) is 22.9. The number of hydrogen-bond donors (Lipinski definition) is 1. The maximum absolute atomic E-state index is 12.9. The molecule has 0 unspecified atom stereocenters. The highest BCUT2D eigenvalue weighted by atomic mass is 32.2. The average Bonchev–Trinajstić information content (AvgIpc) is 3.20. The number of anilines is 1. The summed E-state index contributed by atoms with van der Waals surface area (Å²) in [5.41, 5.74) is 2.17. The summed E-state index contributed by atoms with van der Waals surface area (Å²) in [4.78, 5) is 61.6. The van der Waals surface area contributed by atoms with Crippen LogP contribution >= 0.6 is 11.8 Å². The van der Waals surface area contributed by atoms with Crippen LogP contribution in [-0.2, 0) is 9.59 Å². The summed E-state index contributed by atoms with van der Waals surface area (Å²) in [7, 11) is 0. The third-order valence-corrected chi connectivity index (χ3v) is 6.71. The maximum atomic E-state index is 12.9. The van der Waals surface area contributed by atoms with Crippen LogP contribution < -0.4 is 14.8 Å². The molecule has 12 heteroatoms. The summed E-state index contributed by atoms with van der Waals surface area (Å²) in [6.45, 7) is 3.27. The number of nitrogens with zero attached hydrogens (tertiary/aromatic N) is 2. The Bertz CT molecular complexity index is 1550. The van der Waals surface area contributed by atoms with Crippen LogP contribution in [0.25, 0.3) is 6.08 Å². The van der Waals surface area contributed by atoms with Gasteiger partial charge < -0.3 is 14.8 Å². The number of Topliss-reactive ketones (excluding diaryl/α,β-unsaturated/α-hetero) is 1. The van der Waals surface area contributed by atoms with E-state index in [0.717, 1.165) is 10.5 Å². The highest BCUT2D eigenvalue weighted by molar-refractivity contribution is 8.18. The lowest BCUT2D eigenvalue weighted by Gasteiger charge is -2.13. The maximum Gasteiger partial charge on any atom is 0.293 e. The molecule has 0 radical (unpaired) electrons. The molecule has 4 rings (SSSR count). The van der Waals surface area contributed by atoms with Crippen molar-refractivity contribution < 1.29 is 33.6 Å². The van der Waals surface area contributed by atoms with Crippen LogP contribution in [0.2, 0.25) is 0 Å². The number of nitrogens with one attached hydrogen (secondary N) is 1. The number of aryl methyl sites for hydroxylation is 1. The molecule has 1 heterocycles. The largest absolute Gasteiger partial charge is 0.490 e. The standard InChI is InChI=1S/C29H25N3O8S/c1-3-39-25-14-19(7-12-24(25)40-17-27(34)30-21-6-4-5-18(2)13-21)15-26-28(35)31(29(36)41-26)16-23(33)20-8-10-22(11-9-20)32(37)38/h4-15H,3,16-17H2,1-2H3,(H,30,34)/b26-15+. The van der Waals surface area contributed by atoms with Crippen LogP contribution in [0.5, 0.6) is 11.5 Å². The van der Waals surface area contributed by atoms with E-state index in [9.17, 15) is 29.3 Å². The summed E-state index contributed by atoms with van der Waals surface area (Å²) in [6, 6.07) is 17.2. The van der Waals surface area contributed by atoms with Gasteiger partial charge in [0.2, 0.25) is 0 Å². The number of hydrogen-bond acceptors (Lipinski definition) is 9. The van der Waals surface area contributed by atoms with Crippen LogP contribution in [-0.4, -0.2) is 52.4 Å². The number of ether oxygens (including phenoxy) is 2. The molecule has 0 saturated carbocycles.